The molecule has 0 amide bonds. The second kappa shape index (κ2) is 9.38. The summed E-state index contributed by atoms with van der Waals surface area (Å²) in [7, 11) is 1.69. The number of hydrogen-bond acceptors (Lipinski definition) is 2. The number of hydrogen-bond donors (Lipinski definition) is 0. The number of epoxide rings is 1. The van der Waals surface area contributed by atoms with Crippen LogP contribution in [0.25, 0.3) is 0 Å². The molecule has 0 spiro atoms. The lowest BCUT2D eigenvalue weighted by Gasteiger charge is -2.31. The average Bonchev–Trinajstić information content (AvgIpc) is 3.68. The van der Waals surface area contributed by atoms with Crippen LogP contribution in [-0.4, -0.2) is 19.8 Å². The first-order valence-corrected chi connectivity index (χ1v) is 12.1. The molecule has 2 aromatic rings. The zero-order valence-corrected chi connectivity index (χ0v) is 18.9. The molecule has 0 bridgehead atoms. The summed E-state index contributed by atoms with van der Waals surface area (Å²) in [5.41, 5.74) is 1.53. The molecule has 1 aliphatic heterocycles. The van der Waals surface area contributed by atoms with Crippen LogP contribution >= 0.6 is 0 Å². The lowest BCUT2D eigenvalue weighted by Crippen LogP contribution is -2.20. The Morgan fingerprint density at radius 1 is 0.606 bits per heavy atom. The molecule has 3 fully saturated rings. The number of methoxy groups -OCH3 is 1. The van der Waals surface area contributed by atoms with Crippen molar-refractivity contribution in [2.75, 3.05) is 13.7 Å². The fourth-order valence-corrected chi connectivity index (χ4v) is 5.91. The summed E-state index contributed by atoms with van der Waals surface area (Å²) in [4.78, 5) is 0. The van der Waals surface area contributed by atoms with Gasteiger partial charge in [0.25, 0.3) is 0 Å². The summed E-state index contributed by atoms with van der Waals surface area (Å²) in [6.45, 7) is 0.427. The highest BCUT2D eigenvalue weighted by molar-refractivity contribution is 5.34. The monoisotopic (exact) mass is 462 g/mol. The molecule has 1 unspecified atom stereocenters. The van der Waals surface area contributed by atoms with E-state index in [-0.39, 0.29) is 35.5 Å². The van der Waals surface area contributed by atoms with E-state index in [1.54, 1.807) is 31.4 Å². The first-order valence-electron chi connectivity index (χ1n) is 12.1. The van der Waals surface area contributed by atoms with Crippen molar-refractivity contribution in [3.63, 3.8) is 0 Å². The predicted molar refractivity (Wildman–Crippen MR) is 117 cm³/mol. The van der Waals surface area contributed by atoms with Crippen LogP contribution in [0.5, 0.6) is 0 Å². The van der Waals surface area contributed by atoms with Crippen molar-refractivity contribution < 1.29 is 27.0 Å². The van der Waals surface area contributed by atoms with Gasteiger partial charge in [-0.15, -0.1) is 0 Å². The molecule has 2 saturated carbocycles. The SMILES string of the molecule is COC1CCC(c2ccc(C3CCC(c4ccc(C5CO5)c(F)c4F)CC3)c(F)c2F)CC1. The summed E-state index contributed by atoms with van der Waals surface area (Å²) in [5.74, 6) is -3.28. The standard InChI is InChI=1S/C27H30F4O2/c1-32-18-8-6-17(7-9-18)20-11-10-19(24(28)25(20)29)15-2-4-16(5-3-15)21-12-13-22(23-14-33-23)27(31)26(21)30/h10-13,15-18,23H,2-9,14H2,1H3. The van der Waals surface area contributed by atoms with Crippen molar-refractivity contribution in [2.45, 2.75) is 81.3 Å². The summed E-state index contributed by atoms with van der Waals surface area (Å²) >= 11 is 0. The lowest BCUT2D eigenvalue weighted by molar-refractivity contribution is 0.0655. The van der Waals surface area contributed by atoms with Gasteiger partial charge in [0.15, 0.2) is 23.3 Å². The maximum Gasteiger partial charge on any atom is 0.165 e. The van der Waals surface area contributed by atoms with Crippen LogP contribution in [0.4, 0.5) is 17.6 Å². The maximum atomic E-state index is 15.1. The van der Waals surface area contributed by atoms with Crippen LogP contribution < -0.4 is 0 Å². The molecule has 1 atom stereocenters. The quantitative estimate of drug-likeness (QED) is 0.340. The van der Waals surface area contributed by atoms with Gasteiger partial charge in [0.05, 0.1) is 12.7 Å². The molecule has 3 aliphatic rings. The summed E-state index contributed by atoms with van der Waals surface area (Å²) < 4.78 is 69.7. The van der Waals surface area contributed by atoms with Gasteiger partial charge in [-0.1, -0.05) is 24.3 Å². The van der Waals surface area contributed by atoms with Crippen molar-refractivity contribution in [3.8, 4) is 0 Å². The third-order valence-electron chi connectivity index (χ3n) is 8.02. The zero-order chi connectivity index (χ0) is 23.1. The second-order valence-corrected chi connectivity index (χ2v) is 9.82. The normalized spacial score (nSPS) is 29.8. The minimum Gasteiger partial charge on any atom is -0.381 e. The molecule has 178 valence electrons. The molecule has 0 N–H and O–H groups in total. The maximum absolute atomic E-state index is 15.1. The Balaban J connectivity index is 1.27. The third-order valence-corrected chi connectivity index (χ3v) is 8.02. The molecular weight excluding hydrogens is 432 g/mol. The van der Waals surface area contributed by atoms with Gasteiger partial charge in [-0.2, -0.15) is 0 Å². The minimum absolute atomic E-state index is 0.0255. The Hall–Kier alpha value is -1.92. The zero-order valence-electron chi connectivity index (χ0n) is 18.9. The summed E-state index contributed by atoms with van der Waals surface area (Å²) in [6, 6.07) is 6.77. The van der Waals surface area contributed by atoms with Gasteiger partial charge >= 0.3 is 0 Å². The molecule has 6 heteroatoms. The molecule has 5 rings (SSSR count). The van der Waals surface area contributed by atoms with Crippen molar-refractivity contribution in [3.05, 3.63) is 69.8 Å². The third kappa shape index (κ3) is 4.44. The van der Waals surface area contributed by atoms with Gasteiger partial charge in [0.2, 0.25) is 0 Å². The highest BCUT2D eigenvalue weighted by Crippen LogP contribution is 2.44. The van der Waals surface area contributed by atoms with Crippen molar-refractivity contribution in [2.24, 2.45) is 0 Å². The lowest BCUT2D eigenvalue weighted by atomic mass is 9.75. The van der Waals surface area contributed by atoms with Crippen LogP contribution in [-0.2, 0) is 9.47 Å². The van der Waals surface area contributed by atoms with Crippen LogP contribution in [0.3, 0.4) is 0 Å². The van der Waals surface area contributed by atoms with Crippen LogP contribution in [0.15, 0.2) is 24.3 Å². The van der Waals surface area contributed by atoms with E-state index in [2.05, 4.69) is 0 Å². The van der Waals surface area contributed by atoms with Crippen molar-refractivity contribution in [1.82, 2.24) is 0 Å². The first kappa shape index (κ1) is 22.9. The second-order valence-electron chi connectivity index (χ2n) is 9.82. The van der Waals surface area contributed by atoms with E-state index in [9.17, 15) is 8.78 Å². The van der Waals surface area contributed by atoms with E-state index in [1.165, 1.54) is 0 Å². The molecule has 0 aromatic heterocycles. The van der Waals surface area contributed by atoms with Crippen LogP contribution in [0.2, 0.25) is 0 Å². The number of ether oxygens (including phenoxy) is 2. The van der Waals surface area contributed by atoms with E-state index in [0.717, 1.165) is 25.7 Å². The van der Waals surface area contributed by atoms with E-state index in [0.29, 0.717) is 49.0 Å². The topological polar surface area (TPSA) is 21.8 Å². The van der Waals surface area contributed by atoms with Crippen molar-refractivity contribution in [1.29, 1.82) is 0 Å². The fraction of sp³-hybridized carbons (Fsp3) is 0.556. The highest BCUT2D eigenvalue weighted by atomic mass is 19.2. The molecule has 0 radical (unpaired) electrons. The molecule has 33 heavy (non-hydrogen) atoms. The number of halogens is 4. The van der Waals surface area contributed by atoms with Gasteiger partial charge < -0.3 is 9.47 Å². The molecule has 1 heterocycles. The Morgan fingerprint density at radius 3 is 1.30 bits per heavy atom. The molecule has 1 saturated heterocycles. The fourth-order valence-electron chi connectivity index (χ4n) is 5.91. The largest absolute Gasteiger partial charge is 0.381 e. The Kier molecular flexibility index (Phi) is 6.49. The summed E-state index contributed by atoms with van der Waals surface area (Å²) in [5, 5.41) is 0. The van der Waals surface area contributed by atoms with Crippen molar-refractivity contribution >= 4 is 0 Å². The van der Waals surface area contributed by atoms with Gasteiger partial charge in [-0.25, -0.2) is 17.6 Å². The highest BCUT2D eigenvalue weighted by Gasteiger charge is 2.33. The number of benzene rings is 2. The Morgan fingerprint density at radius 2 is 0.939 bits per heavy atom. The minimum atomic E-state index is -0.819. The predicted octanol–water partition coefficient (Wildman–Crippen LogP) is 7.43. The number of rotatable bonds is 5. The van der Waals surface area contributed by atoms with E-state index in [4.69, 9.17) is 9.47 Å². The Bertz CT molecular complexity index is 1000. The first-order chi connectivity index (χ1) is 16.0. The summed E-state index contributed by atoms with van der Waals surface area (Å²) in [6.07, 6.45) is 5.66. The Labute approximate surface area is 192 Å². The molecular formula is C27H30F4O2. The molecule has 2 nitrogen and oxygen atoms in total. The smallest absolute Gasteiger partial charge is 0.165 e. The van der Waals surface area contributed by atoms with E-state index >= 15 is 8.78 Å². The molecule has 2 aromatic carbocycles. The van der Waals surface area contributed by atoms with E-state index in [1.807, 2.05) is 0 Å². The van der Waals surface area contributed by atoms with E-state index < -0.39 is 23.3 Å². The van der Waals surface area contributed by atoms with Gasteiger partial charge in [0, 0.05) is 12.7 Å². The molecule has 2 aliphatic carbocycles. The van der Waals surface area contributed by atoms with Gasteiger partial charge in [0.1, 0.15) is 6.10 Å². The van der Waals surface area contributed by atoms with Gasteiger partial charge in [-0.05, 0) is 85.8 Å². The average molecular weight is 463 g/mol. The van der Waals surface area contributed by atoms with Gasteiger partial charge in [-0.3, -0.25) is 0 Å². The van der Waals surface area contributed by atoms with Crippen LogP contribution in [0, 0.1) is 23.3 Å². The van der Waals surface area contributed by atoms with Crippen LogP contribution in [0.1, 0.15) is 97.5 Å².